The number of esters is 1. The Kier molecular flexibility index (Phi) is 13.6. The SMILES string of the molecule is CC[C@@H]1OC(=O)[C@H](C)C(=O)[C@H](C)[C@@H](O[C@@H]2O[C@H](C)C[C@H](N(C)C)[C@H]2O)[C@@]2(C)C[C@@H](C)C(=NC(C)=O)C[C@H](OC/C(=C/C#N)CO2)[C@]1(C)O. The van der Waals surface area contributed by atoms with Gasteiger partial charge in [-0.3, -0.25) is 14.4 Å². The molecule has 0 saturated carbocycles. The zero-order valence-electron chi connectivity index (χ0n) is 30.1. The lowest BCUT2D eigenvalue weighted by Gasteiger charge is -2.47. The van der Waals surface area contributed by atoms with E-state index >= 15 is 0 Å². The van der Waals surface area contributed by atoms with Crippen LogP contribution in [-0.2, 0) is 38.1 Å². The molecular weight excluding hydrogens is 622 g/mol. The molecule has 2 bridgehead atoms. The Bertz CT molecular complexity index is 1280. The Morgan fingerprint density at radius 1 is 1.19 bits per heavy atom. The number of ether oxygens (including phenoxy) is 5. The van der Waals surface area contributed by atoms with Crippen LogP contribution in [0.3, 0.4) is 0 Å². The number of aliphatic hydroxyl groups excluding tert-OH is 1. The number of nitrogens with zero attached hydrogens (tertiary/aromatic N) is 3. The Hall–Kier alpha value is -2.57. The largest absolute Gasteiger partial charge is 0.459 e. The van der Waals surface area contributed by atoms with Crippen molar-refractivity contribution < 1.29 is 48.3 Å². The molecule has 48 heavy (non-hydrogen) atoms. The molecule has 3 heterocycles. The van der Waals surface area contributed by atoms with Crippen molar-refractivity contribution in [3.05, 3.63) is 11.6 Å². The summed E-state index contributed by atoms with van der Waals surface area (Å²) in [5.74, 6) is -4.47. The van der Waals surface area contributed by atoms with Crippen LogP contribution in [0.2, 0.25) is 0 Å². The van der Waals surface area contributed by atoms with Crippen LogP contribution in [-0.4, -0.2) is 120 Å². The number of likely N-dealkylation sites (N-methyl/N-ethyl adjacent to an activating group) is 1. The predicted molar refractivity (Wildman–Crippen MR) is 176 cm³/mol. The molecule has 2 N–H and O–H groups in total. The fraction of sp³-hybridized carbons (Fsp3) is 0.800. The Morgan fingerprint density at radius 3 is 2.44 bits per heavy atom. The summed E-state index contributed by atoms with van der Waals surface area (Å²) in [5, 5.41) is 33.0. The number of ketones is 1. The standard InChI is InChI=1S/C35H55N3O10/c1-11-27-35(8,43)28-15-25(37-23(6)39)19(2)16-34(7,45-18-24(12-13-36)17-44-28)31(21(4)29(40)22(5)32(42)47-27)48-33-30(41)26(38(9)10)14-20(3)46-33/h12,19-22,26-28,30-31,33,41,43H,11,14-18H2,1-10H3/b24-12-,37-25?/t19-,20-,21+,22-,26+,27+,28+,30-,31-,33+,34-,35-/m1/s1. The monoisotopic (exact) mass is 677 g/mol. The van der Waals surface area contributed by atoms with E-state index in [1.165, 1.54) is 26.8 Å². The van der Waals surface area contributed by atoms with Gasteiger partial charge in [0.2, 0.25) is 5.91 Å². The summed E-state index contributed by atoms with van der Waals surface area (Å²) in [7, 11) is 3.71. The third kappa shape index (κ3) is 9.15. The number of carbonyl (C=O) groups excluding carboxylic acids is 3. The molecule has 0 aliphatic carbocycles. The molecule has 0 radical (unpaired) electrons. The van der Waals surface area contributed by atoms with Crippen molar-refractivity contribution in [1.82, 2.24) is 4.90 Å². The molecule has 0 aromatic rings. The number of aliphatic hydroxyl groups is 2. The van der Waals surface area contributed by atoms with E-state index in [0.29, 0.717) is 17.7 Å². The van der Waals surface area contributed by atoms with Gasteiger partial charge in [0.1, 0.15) is 23.7 Å². The average Bonchev–Trinajstić information content (AvgIpc) is 3.03. The van der Waals surface area contributed by atoms with E-state index in [2.05, 4.69) is 4.99 Å². The fourth-order valence-electron chi connectivity index (χ4n) is 7.16. The Morgan fingerprint density at radius 2 is 1.85 bits per heavy atom. The molecule has 270 valence electrons. The van der Waals surface area contributed by atoms with Crippen LogP contribution >= 0.6 is 0 Å². The summed E-state index contributed by atoms with van der Waals surface area (Å²) in [6.45, 7) is 12.9. The second-order valence-corrected chi connectivity index (χ2v) is 14.4. The van der Waals surface area contributed by atoms with E-state index in [9.17, 15) is 29.9 Å². The molecule has 3 saturated heterocycles. The number of hydrogen-bond acceptors (Lipinski definition) is 12. The zero-order valence-corrected chi connectivity index (χ0v) is 30.1. The lowest BCUT2D eigenvalue weighted by molar-refractivity contribution is -0.296. The van der Waals surface area contributed by atoms with Crippen LogP contribution in [0.15, 0.2) is 16.6 Å². The van der Waals surface area contributed by atoms with Crippen LogP contribution in [0.4, 0.5) is 0 Å². The highest BCUT2D eigenvalue weighted by molar-refractivity contribution is 6.00. The quantitative estimate of drug-likeness (QED) is 0.253. The van der Waals surface area contributed by atoms with E-state index in [1.807, 2.05) is 38.9 Å². The number of Topliss-reactive ketones (excluding diaryl/α,β-unsaturated/α-hetero) is 1. The van der Waals surface area contributed by atoms with Crippen molar-refractivity contribution in [3.63, 3.8) is 0 Å². The molecule has 12 atom stereocenters. The minimum Gasteiger partial charge on any atom is -0.459 e. The summed E-state index contributed by atoms with van der Waals surface area (Å²) in [6, 6.07) is 1.72. The van der Waals surface area contributed by atoms with Gasteiger partial charge >= 0.3 is 5.97 Å². The van der Waals surface area contributed by atoms with Gasteiger partial charge in [0, 0.05) is 37.1 Å². The zero-order chi connectivity index (χ0) is 36.1. The molecule has 3 aliphatic rings. The maximum absolute atomic E-state index is 14.2. The summed E-state index contributed by atoms with van der Waals surface area (Å²) in [5.41, 5.74) is -2.25. The Balaban J connectivity index is 2.30. The van der Waals surface area contributed by atoms with Gasteiger partial charge in [0.05, 0.1) is 43.2 Å². The number of cyclic esters (lactones) is 1. The normalized spacial score (nSPS) is 42.4. The number of carbonyl (C=O) groups is 3. The lowest BCUT2D eigenvalue weighted by Crippen LogP contribution is -2.59. The first-order valence-electron chi connectivity index (χ1n) is 16.9. The highest BCUT2D eigenvalue weighted by atomic mass is 16.7. The van der Waals surface area contributed by atoms with Crippen molar-refractivity contribution >= 4 is 23.4 Å². The number of aliphatic imine (C=N–C) groups is 1. The number of nitriles is 1. The minimum atomic E-state index is -1.78. The highest BCUT2D eigenvalue weighted by Gasteiger charge is 2.51. The van der Waals surface area contributed by atoms with Crippen molar-refractivity contribution in [2.75, 3.05) is 27.3 Å². The molecule has 3 rings (SSSR count). The number of amides is 1. The smallest absolute Gasteiger partial charge is 0.316 e. The molecule has 1 amide bonds. The van der Waals surface area contributed by atoms with Crippen LogP contribution in [0, 0.1) is 29.1 Å². The minimum absolute atomic E-state index is 0.000246. The molecule has 0 aromatic carbocycles. The third-order valence-corrected chi connectivity index (χ3v) is 10.1. The summed E-state index contributed by atoms with van der Waals surface area (Å²) in [6.07, 6.45) is -3.51. The fourth-order valence-corrected chi connectivity index (χ4v) is 7.16. The summed E-state index contributed by atoms with van der Waals surface area (Å²) in [4.78, 5) is 46.5. The lowest BCUT2D eigenvalue weighted by atomic mass is 9.76. The Labute approximate surface area is 284 Å². The highest BCUT2D eigenvalue weighted by Crippen LogP contribution is 2.39. The number of fused-ring (bicyclic) bond motifs is 5. The molecule has 0 aromatic heterocycles. The first-order chi connectivity index (χ1) is 22.4. The van der Waals surface area contributed by atoms with Gasteiger partial charge in [-0.25, -0.2) is 4.99 Å². The van der Waals surface area contributed by atoms with Crippen LogP contribution in [0.25, 0.3) is 0 Å². The van der Waals surface area contributed by atoms with Crippen LogP contribution in [0.5, 0.6) is 0 Å². The van der Waals surface area contributed by atoms with Crippen molar-refractivity contribution in [1.29, 1.82) is 5.26 Å². The van der Waals surface area contributed by atoms with Gasteiger partial charge in [-0.15, -0.1) is 0 Å². The molecule has 13 heteroatoms. The topological polar surface area (TPSA) is 177 Å². The van der Waals surface area contributed by atoms with E-state index < -0.39 is 77.3 Å². The maximum atomic E-state index is 14.2. The first kappa shape index (κ1) is 39.9. The number of hydrogen-bond donors (Lipinski definition) is 2. The van der Waals surface area contributed by atoms with Crippen molar-refractivity contribution in [3.8, 4) is 6.07 Å². The second-order valence-electron chi connectivity index (χ2n) is 14.4. The van der Waals surface area contributed by atoms with Crippen molar-refractivity contribution in [2.24, 2.45) is 22.7 Å². The molecule has 0 unspecified atom stereocenters. The van der Waals surface area contributed by atoms with E-state index in [1.54, 1.807) is 20.8 Å². The van der Waals surface area contributed by atoms with E-state index in [0.717, 1.165) is 0 Å². The molecule has 3 aliphatic heterocycles. The predicted octanol–water partition coefficient (Wildman–Crippen LogP) is 2.75. The van der Waals surface area contributed by atoms with Crippen molar-refractivity contribution in [2.45, 2.75) is 135 Å². The molecule has 13 nitrogen and oxygen atoms in total. The van der Waals surface area contributed by atoms with E-state index in [-0.39, 0.29) is 44.6 Å². The summed E-state index contributed by atoms with van der Waals surface area (Å²) < 4.78 is 31.5. The van der Waals surface area contributed by atoms with E-state index in [4.69, 9.17) is 23.7 Å². The summed E-state index contributed by atoms with van der Waals surface area (Å²) >= 11 is 0. The first-order valence-corrected chi connectivity index (χ1v) is 16.9. The number of rotatable bonds is 4. The molecular formula is C35H55N3O10. The second kappa shape index (κ2) is 16.4. The molecule has 0 spiro atoms. The van der Waals surface area contributed by atoms with Gasteiger partial charge in [-0.05, 0) is 72.5 Å². The van der Waals surface area contributed by atoms with Crippen LogP contribution in [0.1, 0.15) is 81.1 Å². The van der Waals surface area contributed by atoms with Gasteiger partial charge in [-0.1, -0.05) is 20.8 Å². The molecule has 3 fully saturated rings. The number of allylic oxidation sites excluding steroid dienone is 1. The van der Waals surface area contributed by atoms with Gasteiger partial charge in [-0.2, -0.15) is 5.26 Å². The van der Waals surface area contributed by atoms with Gasteiger partial charge < -0.3 is 38.8 Å². The van der Waals surface area contributed by atoms with Crippen LogP contribution < -0.4 is 0 Å². The van der Waals surface area contributed by atoms with Gasteiger partial charge in [0.15, 0.2) is 12.1 Å². The average molecular weight is 678 g/mol. The van der Waals surface area contributed by atoms with Gasteiger partial charge in [0.25, 0.3) is 0 Å². The maximum Gasteiger partial charge on any atom is 0.316 e. The third-order valence-electron chi connectivity index (χ3n) is 10.1.